The minimum absolute atomic E-state index is 0.204. The van der Waals surface area contributed by atoms with Crippen molar-refractivity contribution in [3.63, 3.8) is 0 Å². The largest absolute Gasteiger partial charge is 0.308 e. The van der Waals surface area contributed by atoms with Crippen LogP contribution in [0.3, 0.4) is 0 Å². The van der Waals surface area contributed by atoms with Gasteiger partial charge in [0.15, 0.2) is 0 Å². The molecule has 1 heterocycles. The topological polar surface area (TPSA) is 29.1 Å². The molecule has 1 aliphatic heterocycles. The molecule has 1 aromatic carbocycles. The molecule has 0 radical (unpaired) electrons. The fraction of sp³-hybridized carbons (Fsp3) is 0.400. The van der Waals surface area contributed by atoms with Gasteiger partial charge < -0.3 is 5.32 Å². The molecule has 82 valence electrons. The quantitative estimate of drug-likeness (QED) is 0.790. The number of hydrogen-bond donors (Lipinski definition) is 1. The molecule has 2 atom stereocenters. The molecule has 2 rings (SSSR count). The highest BCUT2D eigenvalue weighted by Gasteiger charge is 2.20. The molecule has 0 saturated carbocycles. The first-order valence-electron chi connectivity index (χ1n) is 4.69. The van der Waals surface area contributed by atoms with Crippen LogP contribution in [0.2, 0.25) is 0 Å². The van der Waals surface area contributed by atoms with Gasteiger partial charge >= 0.3 is 0 Å². The summed E-state index contributed by atoms with van der Waals surface area (Å²) in [6.45, 7) is 0.620. The summed E-state index contributed by atoms with van der Waals surface area (Å²) >= 11 is 0. The maximum absolute atomic E-state index is 12.9. The second-order valence-corrected chi connectivity index (χ2v) is 5.14. The predicted octanol–water partition coefficient (Wildman–Crippen LogP) is 1.36. The summed E-state index contributed by atoms with van der Waals surface area (Å²) in [4.78, 5) is 0. The van der Waals surface area contributed by atoms with Crippen molar-refractivity contribution in [1.29, 1.82) is 0 Å². The average molecular weight is 231 g/mol. The highest BCUT2D eigenvalue weighted by Crippen LogP contribution is 2.19. The van der Waals surface area contributed by atoms with Crippen molar-refractivity contribution in [3.8, 4) is 0 Å². The van der Waals surface area contributed by atoms with E-state index in [1.165, 1.54) is 12.1 Å². The molecule has 0 aliphatic carbocycles. The van der Waals surface area contributed by atoms with Crippen molar-refractivity contribution < 1.29 is 13.0 Å². The Hall–Kier alpha value is -0.810. The van der Waals surface area contributed by atoms with E-state index >= 15 is 0 Å². The molecule has 0 aromatic heterocycles. The van der Waals surface area contributed by atoms with E-state index in [1.807, 2.05) is 0 Å². The molecule has 1 fully saturated rings. The van der Waals surface area contributed by atoms with Crippen LogP contribution in [0.4, 0.5) is 8.78 Å². The minimum Gasteiger partial charge on any atom is -0.308 e. The van der Waals surface area contributed by atoms with Gasteiger partial charge in [0.1, 0.15) is 11.6 Å². The van der Waals surface area contributed by atoms with E-state index < -0.39 is 22.4 Å². The highest BCUT2D eigenvalue weighted by atomic mass is 32.2. The molecular weight excluding hydrogens is 220 g/mol. The van der Waals surface area contributed by atoms with Crippen molar-refractivity contribution in [1.82, 2.24) is 5.32 Å². The van der Waals surface area contributed by atoms with Crippen LogP contribution in [-0.2, 0) is 10.8 Å². The van der Waals surface area contributed by atoms with Crippen LogP contribution < -0.4 is 5.32 Å². The molecule has 1 aromatic rings. The van der Waals surface area contributed by atoms with Crippen LogP contribution in [0.1, 0.15) is 11.6 Å². The minimum atomic E-state index is -0.891. The zero-order chi connectivity index (χ0) is 10.8. The van der Waals surface area contributed by atoms with Gasteiger partial charge in [-0.3, -0.25) is 4.21 Å². The first-order chi connectivity index (χ1) is 7.15. The molecule has 5 heteroatoms. The van der Waals surface area contributed by atoms with Gasteiger partial charge in [-0.25, -0.2) is 8.78 Å². The second-order valence-electron chi connectivity index (χ2n) is 3.52. The zero-order valence-electron chi connectivity index (χ0n) is 8.00. The number of rotatable bonds is 1. The Morgan fingerprint density at radius 2 is 1.93 bits per heavy atom. The van der Waals surface area contributed by atoms with Gasteiger partial charge in [-0.15, -0.1) is 0 Å². The number of halogens is 2. The zero-order valence-corrected chi connectivity index (χ0v) is 8.82. The Morgan fingerprint density at radius 1 is 1.27 bits per heavy atom. The van der Waals surface area contributed by atoms with Crippen molar-refractivity contribution >= 4 is 10.8 Å². The van der Waals surface area contributed by atoms with E-state index in [4.69, 9.17) is 0 Å². The third kappa shape index (κ3) is 2.60. The fourth-order valence-electron chi connectivity index (χ4n) is 1.67. The summed E-state index contributed by atoms with van der Waals surface area (Å²) in [5, 5.41) is 3.09. The van der Waals surface area contributed by atoms with Crippen molar-refractivity contribution in [2.24, 2.45) is 0 Å². The maximum atomic E-state index is 12.9. The third-order valence-electron chi connectivity index (χ3n) is 2.36. The van der Waals surface area contributed by atoms with Gasteiger partial charge in [-0.05, 0) is 17.7 Å². The molecule has 1 aliphatic rings. The van der Waals surface area contributed by atoms with E-state index in [-0.39, 0.29) is 6.04 Å². The summed E-state index contributed by atoms with van der Waals surface area (Å²) in [5.41, 5.74) is 0.528. The van der Waals surface area contributed by atoms with Crippen molar-refractivity contribution in [3.05, 3.63) is 35.4 Å². The summed E-state index contributed by atoms with van der Waals surface area (Å²) in [7, 11) is -0.891. The lowest BCUT2D eigenvalue weighted by Crippen LogP contribution is -2.36. The lowest BCUT2D eigenvalue weighted by molar-refractivity contribution is 0.546. The van der Waals surface area contributed by atoms with Gasteiger partial charge in [-0.2, -0.15) is 0 Å². The molecule has 1 saturated heterocycles. The Balaban J connectivity index is 2.24. The molecule has 0 amide bonds. The molecule has 2 nitrogen and oxygen atoms in total. The van der Waals surface area contributed by atoms with Gasteiger partial charge in [0.25, 0.3) is 0 Å². The molecule has 2 unspecified atom stereocenters. The highest BCUT2D eigenvalue weighted by molar-refractivity contribution is 7.85. The summed E-state index contributed by atoms with van der Waals surface area (Å²) < 4.78 is 37.2. The maximum Gasteiger partial charge on any atom is 0.126 e. The fourth-order valence-corrected chi connectivity index (χ4v) is 2.86. The lowest BCUT2D eigenvalue weighted by atomic mass is 10.1. The lowest BCUT2D eigenvalue weighted by Gasteiger charge is -2.23. The molecular formula is C10H11F2NOS. The number of benzene rings is 1. The van der Waals surface area contributed by atoms with Crippen LogP contribution in [0, 0.1) is 11.6 Å². The first-order valence-corrected chi connectivity index (χ1v) is 6.18. The molecule has 15 heavy (non-hydrogen) atoms. The van der Waals surface area contributed by atoms with Crippen LogP contribution in [-0.4, -0.2) is 22.3 Å². The van der Waals surface area contributed by atoms with Crippen LogP contribution in [0.15, 0.2) is 18.2 Å². The van der Waals surface area contributed by atoms with Crippen LogP contribution >= 0.6 is 0 Å². The first kappa shape index (κ1) is 10.7. The van der Waals surface area contributed by atoms with Gasteiger partial charge in [-0.1, -0.05) is 0 Å². The second kappa shape index (κ2) is 4.37. The van der Waals surface area contributed by atoms with E-state index in [0.29, 0.717) is 23.6 Å². The molecule has 1 N–H and O–H groups in total. The van der Waals surface area contributed by atoms with Gasteiger partial charge in [0.05, 0.1) is 0 Å². The van der Waals surface area contributed by atoms with E-state index in [9.17, 15) is 13.0 Å². The smallest absolute Gasteiger partial charge is 0.126 e. The van der Waals surface area contributed by atoms with E-state index in [1.54, 1.807) is 0 Å². The van der Waals surface area contributed by atoms with Gasteiger partial charge in [0.2, 0.25) is 0 Å². The van der Waals surface area contributed by atoms with Crippen molar-refractivity contribution in [2.75, 3.05) is 18.1 Å². The van der Waals surface area contributed by atoms with E-state index in [0.717, 1.165) is 6.07 Å². The summed E-state index contributed by atoms with van der Waals surface area (Å²) in [6, 6.07) is 3.19. The Labute approximate surface area is 89.1 Å². The average Bonchev–Trinajstić information content (AvgIpc) is 2.16. The standard InChI is InChI=1S/C10H11F2NOS/c11-8-3-7(4-9(12)5-8)10-6-15(14)2-1-13-10/h3-5,10,13H,1-2,6H2. The van der Waals surface area contributed by atoms with E-state index in [2.05, 4.69) is 5.32 Å². The van der Waals surface area contributed by atoms with Crippen molar-refractivity contribution in [2.45, 2.75) is 6.04 Å². The summed E-state index contributed by atoms with van der Waals surface area (Å²) in [6.07, 6.45) is 0. The van der Waals surface area contributed by atoms with Crippen LogP contribution in [0.25, 0.3) is 0 Å². The third-order valence-corrected chi connectivity index (χ3v) is 3.72. The SMILES string of the molecule is O=S1CCNC(c2cc(F)cc(F)c2)C1. The van der Waals surface area contributed by atoms with Gasteiger partial charge in [0, 0.05) is 41.0 Å². The Bertz CT molecular complexity index is 377. The normalized spacial score (nSPS) is 26.5. The van der Waals surface area contributed by atoms with Crippen LogP contribution in [0.5, 0.6) is 0 Å². The predicted molar refractivity (Wildman–Crippen MR) is 55.0 cm³/mol. The molecule has 0 spiro atoms. The molecule has 0 bridgehead atoms. The number of nitrogens with one attached hydrogen (secondary N) is 1. The summed E-state index contributed by atoms with van der Waals surface area (Å²) in [5.74, 6) is -0.164. The monoisotopic (exact) mass is 231 g/mol. The Morgan fingerprint density at radius 3 is 2.53 bits per heavy atom. The Kier molecular flexibility index (Phi) is 3.11. The number of hydrogen-bond acceptors (Lipinski definition) is 2.